The maximum atomic E-state index is 13.4. The second kappa shape index (κ2) is 8.28. The van der Waals surface area contributed by atoms with E-state index in [-0.39, 0.29) is 33.9 Å². The summed E-state index contributed by atoms with van der Waals surface area (Å²) >= 11 is 7.39. The maximum Gasteiger partial charge on any atom is 0.252 e. The number of rotatable bonds is 2. The number of allylic oxidation sites excluding steroid dienone is 2. The van der Waals surface area contributed by atoms with Crippen LogP contribution in [-0.2, 0) is 16.0 Å². The summed E-state index contributed by atoms with van der Waals surface area (Å²) in [6.45, 7) is 8.92. The van der Waals surface area contributed by atoms with Gasteiger partial charge in [0.15, 0.2) is 5.78 Å². The number of carbonyl (C=O) groups excluding carboxylic acids is 2. The van der Waals surface area contributed by atoms with Crippen molar-refractivity contribution >= 4 is 43.6 Å². The minimum absolute atomic E-state index is 0.0954. The lowest BCUT2D eigenvalue weighted by Crippen LogP contribution is -2.71. The first-order chi connectivity index (χ1) is 17.4. The molecule has 1 aromatic carbocycles. The molecule has 0 saturated heterocycles. The predicted octanol–water partition coefficient (Wildman–Crippen LogP) is 6.58. The van der Waals surface area contributed by atoms with Crippen LogP contribution in [0.15, 0.2) is 34.8 Å². The van der Waals surface area contributed by atoms with E-state index in [0.29, 0.717) is 24.3 Å². The Morgan fingerprint density at radius 3 is 2.62 bits per heavy atom. The number of benzene rings is 1. The van der Waals surface area contributed by atoms with E-state index in [1.54, 1.807) is 7.11 Å². The van der Waals surface area contributed by atoms with Gasteiger partial charge in [0.25, 0.3) is 5.91 Å². The summed E-state index contributed by atoms with van der Waals surface area (Å²) in [5.74, 6) is 1.52. The maximum absolute atomic E-state index is 13.4. The number of Topliss-reactive ketones (excluding diaryl/α,β-unsaturated/α-hetero) is 1. The molecule has 2 aliphatic heterocycles. The number of hydrogen-bond donors (Lipinski definition) is 1. The van der Waals surface area contributed by atoms with Gasteiger partial charge < -0.3 is 14.8 Å². The van der Waals surface area contributed by atoms with Crippen LogP contribution in [-0.4, -0.2) is 34.8 Å². The highest BCUT2D eigenvalue weighted by atomic mass is 79.9. The van der Waals surface area contributed by atoms with E-state index >= 15 is 0 Å². The van der Waals surface area contributed by atoms with Crippen LogP contribution in [0, 0.1) is 22.7 Å². The number of amides is 1. The Hall–Kier alpha value is -1.44. The molecule has 198 valence electrons. The monoisotopic (exact) mass is 631 g/mol. The highest BCUT2D eigenvalue weighted by Crippen LogP contribution is 2.66. The zero-order chi connectivity index (χ0) is 26.5. The number of ketones is 1. The molecule has 3 aliphatic carbocycles. The summed E-state index contributed by atoms with van der Waals surface area (Å²) in [4.78, 5) is 26.5. The average molecular weight is 633 g/mol. The molecule has 2 heterocycles. The molecule has 0 bridgehead atoms. The second-order valence-corrected chi connectivity index (χ2v) is 14.6. The summed E-state index contributed by atoms with van der Waals surface area (Å²) in [7, 11) is 1.70. The molecule has 2 fully saturated rings. The van der Waals surface area contributed by atoms with Crippen molar-refractivity contribution in [2.75, 3.05) is 7.11 Å². The van der Waals surface area contributed by atoms with E-state index < -0.39 is 16.6 Å². The summed E-state index contributed by atoms with van der Waals surface area (Å²) in [6.07, 6.45) is 10.3. The van der Waals surface area contributed by atoms with Gasteiger partial charge in [0.2, 0.25) is 0 Å². The quantitative estimate of drug-likeness (QED) is 0.374. The van der Waals surface area contributed by atoms with Crippen molar-refractivity contribution in [3.8, 4) is 5.75 Å². The van der Waals surface area contributed by atoms with Crippen molar-refractivity contribution in [3.63, 3.8) is 0 Å². The zero-order valence-electron chi connectivity index (χ0n) is 22.1. The molecule has 1 spiro atoms. The highest BCUT2D eigenvalue weighted by Gasteiger charge is 2.69. The first-order valence-electron chi connectivity index (χ1n) is 13.3. The summed E-state index contributed by atoms with van der Waals surface area (Å²) < 4.78 is 14.5. The number of halogens is 2. The number of fused-ring (bicyclic) bond motifs is 3. The van der Waals surface area contributed by atoms with Crippen LogP contribution in [0.2, 0.25) is 0 Å². The molecule has 37 heavy (non-hydrogen) atoms. The van der Waals surface area contributed by atoms with E-state index in [9.17, 15) is 9.59 Å². The van der Waals surface area contributed by atoms with Gasteiger partial charge in [0, 0.05) is 52.3 Å². The van der Waals surface area contributed by atoms with Crippen LogP contribution in [0.3, 0.4) is 0 Å². The van der Waals surface area contributed by atoms with Crippen LogP contribution >= 0.6 is 31.9 Å². The Labute approximate surface area is 236 Å². The molecule has 7 atom stereocenters. The Morgan fingerprint density at radius 2 is 1.92 bits per heavy atom. The molecule has 2 saturated carbocycles. The van der Waals surface area contributed by atoms with Crippen molar-refractivity contribution in [1.29, 1.82) is 0 Å². The number of methoxy groups -OCH3 is 1. The molecule has 5 aliphatic rings. The fourth-order valence-corrected chi connectivity index (χ4v) is 10.0. The summed E-state index contributed by atoms with van der Waals surface area (Å²) in [5.41, 5.74) is 0.796. The molecular formula is C30H35Br2NO4. The normalized spacial score (nSPS) is 41.5. The first kappa shape index (κ1) is 25.8. The van der Waals surface area contributed by atoms with E-state index in [1.165, 1.54) is 0 Å². The van der Waals surface area contributed by atoms with Gasteiger partial charge in [0.05, 0.1) is 10.9 Å². The standard InChI is InChI=1S/C30H35Br2NO4/c1-16-8-11-21-27(2,3)25(34)20(32)15-30(21)28(16,4)13-17-9-10-19-22(23(17)37-30)24(33-26(19)35)29(36-5)12-6-7-18(31)14-29/h6-7,9-10,14,16,20-21,24H,8,11-13,15H2,1-5H3,(H,33,35)/t16-,20+,21-,24+,28+,29?,30-/m0/s1. The molecular weight excluding hydrogens is 598 g/mol. The van der Waals surface area contributed by atoms with E-state index in [0.717, 1.165) is 40.6 Å². The van der Waals surface area contributed by atoms with Gasteiger partial charge in [-0.15, -0.1) is 0 Å². The molecule has 1 amide bonds. The molecule has 5 nitrogen and oxygen atoms in total. The van der Waals surface area contributed by atoms with Crippen LogP contribution in [0.4, 0.5) is 0 Å². The lowest BCUT2D eigenvalue weighted by Gasteiger charge is -2.66. The molecule has 1 unspecified atom stereocenters. The lowest BCUT2D eigenvalue weighted by atomic mass is 9.44. The zero-order valence-corrected chi connectivity index (χ0v) is 25.3. The van der Waals surface area contributed by atoms with Gasteiger partial charge in [-0.2, -0.15) is 0 Å². The van der Waals surface area contributed by atoms with Crippen molar-refractivity contribution in [2.24, 2.45) is 22.7 Å². The third-order valence-corrected chi connectivity index (χ3v) is 11.9. The second-order valence-electron chi connectivity index (χ2n) is 12.6. The third kappa shape index (κ3) is 3.29. The Balaban J connectivity index is 1.56. The molecule has 1 aromatic rings. The van der Waals surface area contributed by atoms with E-state index in [1.807, 2.05) is 12.1 Å². The molecule has 1 N–H and O–H groups in total. The van der Waals surface area contributed by atoms with Crippen molar-refractivity contribution < 1.29 is 19.1 Å². The van der Waals surface area contributed by atoms with Gasteiger partial charge in [-0.3, -0.25) is 9.59 Å². The van der Waals surface area contributed by atoms with Gasteiger partial charge in [-0.05, 0) is 42.9 Å². The molecule has 0 radical (unpaired) electrons. The average Bonchev–Trinajstić information content (AvgIpc) is 3.20. The fourth-order valence-electron chi connectivity index (χ4n) is 8.36. The lowest BCUT2D eigenvalue weighted by molar-refractivity contribution is -0.207. The molecule has 7 heteroatoms. The van der Waals surface area contributed by atoms with E-state index in [2.05, 4.69) is 83.1 Å². The van der Waals surface area contributed by atoms with Gasteiger partial charge in [-0.25, -0.2) is 0 Å². The van der Waals surface area contributed by atoms with Crippen molar-refractivity contribution in [1.82, 2.24) is 5.32 Å². The van der Waals surface area contributed by atoms with Crippen molar-refractivity contribution in [3.05, 3.63) is 51.5 Å². The van der Waals surface area contributed by atoms with Gasteiger partial charge in [-0.1, -0.05) is 77.8 Å². The first-order valence-corrected chi connectivity index (χ1v) is 15.1. The number of alkyl halides is 1. The van der Waals surface area contributed by atoms with Crippen LogP contribution in [0.1, 0.15) is 80.9 Å². The third-order valence-electron chi connectivity index (χ3n) is 10.7. The topological polar surface area (TPSA) is 64.6 Å². The summed E-state index contributed by atoms with van der Waals surface area (Å²) in [6, 6.07) is 3.66. The number of ether oxygens (including phenoxy) is 2. The number of nitrogens with one attached hydrogen (secondary N) is 1. The SMILES string of the molecule is COC1([C@@H]2NC(=O)c3ccc4c(c32)O[C@@]23C[C@@H](Br)C(=O)C(C)(C)[C@@H]2CC[C@H](C)[C@@]3(C)C4)C=C(Br)C=CC1. The van der Waals surface area contributed by atoms with E-state index in [4.69, 9.17) is 9.47 Å². The van der Waals surface area contributed by atoms with Crippen molar-refractivity contribution in [2.45, 2.75) is 81.9 Å². The Kier molecular flexibility index (Phi) is 5.78. The highest BCUT2D eigenvalue weighted by molar-refractivity contribution is 9.11. The largest absolute Gasteiger partial charge is 0.486 e. The van der Waals surface area contributed by atoms with Crippen LogP contribution < -0.4 is 10.1 Å². The smallest absolute Gasteiger partial charge is 0.252 e. The van der Waals surface area contributed by atoms with Gasteiger partial charge >= 0.3 is 0 Å². The van der Waals surface area contributed by atoms with Crippen LogP contribution in [0.5, 0.6) is 5.75 Å². The molecule has 6 rings (SSSR count). The van der Waals surface area contributed by atoms with Crippen LogP contribution in [0.25, 0.3) is 0 Å². The predicted molar refractivity (Wildman–Crippen MR) is 150 cm³/mol. The molecule has 0 aromatic heterocycles. The minimum atomic E-state index is -0.732. The minimum Gasteiger partial charge on any atom is -0.486 e. The fraction of sp³-hybridized carbons (Fsp3) is 0.600. The van der Waals surface area contributed by atoms with Gasteiger partial charge in [0.1, 0.15) is 17.0 Å². The number of hydrogen-bond acceptors (Lipinski definition) is 4. The number of carbonyl (C=O) groups is 2. The summed E-state index contributed by atoms with van der Waals surface area (Å²) in [5, 5.41) is 3.24. The Bertz CT molecular complexity index is 1270. The Morgan fingerprint density at radius 1 is 1.16 bits per heavy atom.